The lowest BCUT2D eigenvalue weighted by Crippen LogP contribution is -2.62. The molecule has 0 bridgehead atoms. The van der Waals surface area contributed by atoms with E-state index in [1.165, 1.54) is 5.57 Å². The Balaban J connectivity index is 1.82. The first-order valence-electron chi connectivity index (χ1n) is 13.7. The summed E-state index contributed by atoms with van der Waals surface area (Å²) in [5.41, 5.74) is 0.717. The average molecular weight is 487 g/mol. The SMILES string of the molecule is C=C(C(=O)O)C1CCC2(C)C(CC=C3C4CC(C)(C)CCC4(C(=O)O)CCC32C)C1(C)CCCO. The summed E-state index contributed by atoms with van der Waals surface area (Å²) < 4.78 is 0. The number of hydrogen-bond acceptors (Lipinski definition) is 3. The van der Waals surface area contributed by atoms with Crippen LogP contribution in [0.2, 0.25) is 0 Å². The molecule has 35 heavy (non-hydrogen) atoms. The lowest BCUT2D eigenvalue weighted by molar-refractivity contribution is -0.172. The number of carboxylic acids is 2. The number of fused-ring (bicyclic) bond motifs is 5. The maximum Gasteiger partial charge on any atom is 0.331 e. The number of aliphatic hydroxyl groups excluding tert-OH is 1. The molecule has 0 radical (unpaired) electrons. The average Bonchev–Trinajstić information content (AvgIpc) is 2.77. The number of rotatable bonds is 6. The van der Waals surface area contributed by atoms with E-state index in [1.54, 1.807) is 0 Å². The molecule has 3 saturated carbocycles. The normalized spacial score (nSPS) is 44.3. The highest BCUT2D eigenvalue weighted by Gasteiger charge is 2.67. The van der Waals surface area contributed by atoms with Gasteiger partial charge in [-0.2, -0.15) is 0 Å². The Kier molecular flexibility index (Phi) is 6.39. The van der Waals surface area contributed by atoms with Gasteiger partial charge in [0.05, 0.1) is 5.41 Å². The van der Waals surface area contributed by atoms with Gasteiger partial charge in [0.2, 0.25) is 0 Å². The van der Waals surface area contributed by atoms with Crippen molar-refractivity contribution in [1.82, 2.24) is 0 Å². The molecule has 3 fully saturated rings. The second-order valence-corrected chi connectivity index (χ2v) is 13.8. The third-order valence-electron chi connectivity index (χ3n) is 11.9. The number of carboxylic acid groups (broad SMARTS) is 2. The fourth-order valence-corrected chi connectivity index (χ4v) is 9.52. The molecule has 0 aromatic heterocycles. The van der Waals surface area contributed by atoms with Gasteiger partial charge in [0.25, 0.3) is 0 Å². The van der Waals surface area contributed by atoms with E-state index in [4.69, 9.17) is 0 Å². The van der Waals surface area contributed by atoms with Crippen molar-refractivity contribution in [2.75, 3.05) is 6.61 Å². The maximum atomic E-state index is 12.7. The van der Waals surface area contributed by atoms with Crippen LogP contribution in [0.1, 0.15) is 98.8 Å². The molecular formula is C30H46O5. The van der Waals surface area contributed by atoms with Crippen molar-refractivity contribution in [1.29, 1.82) is 0 Å². The molecule has 0 aliphatic heterocycles. The van der Waals surface area contributed by atoms with Crippen LogP contribution >= 0.6 is 0 Å². The van der Waals surface area contributed by atoms with Gasteiger partial charge < -0.3 is 15.3 Å². The Labute approximate surface area is 211 Å². The number of aliphatic hydroxyl groups is 1. The molecule has 0 saturated heterocycles. The summed E-state index contributed by atoms with van der Waals surface area (Å²) in [6.07, 6.45) is 10.6. The fraction of sp³-hybridized carbons (Fsp3) is 0.800. The number of allylic oxidation sites excluding steroid dienone is 2. The Morgan fingerprint density at radius 3 is 2.29 bits per heavy atom. The van der Waals surface area contributed by atoms with Crippen LogP contribution in [0, 0.1) is 44.8 Å². The zero-order valence-corrected chi connectivity index (χ0v) is 22.5. The van der Waals surface area contributed by atoms with Gasteiger partial charge in [0.1, 0.15) is 0 Å². The number of aliphatic carboxylic acids is 2. The lowest BCUT2D eigenvalue weighted by atomic mass is 9.35. The highest BCUT2D eigenvalue weighted by atomic mass is 16.4. The number of hydrogen-bond donors (Lipinski definition) is 3. The molecule has 0 heterocycles. The molecule has 0 amide bonds. The van der Waals surface area contributed by atoms with Crippen LogP contribution in [0.5, 0.6) is 0 Å². The largest absolute Gasteiger partial charge is 0.481 e. The van der Waals surface area contributed by atoms with Crippen LogP contribution in [0.4, 0.5) is 0 Å². The quantitative estimate of drug-likeness (QED) is 0.296. The van der Waals surface area contributed by atoms with Crippen molar-refractivity contribution in [3.63, 3.8) is 0 Å². The van der Waals surface area contributed by atoms with Gasteiger partial charge in [0.15, 0.2) is 0 Å². The molecule has 5 nitrogen and oxygen atoms in total. The van der Waals surface area contributed by atoms with E-state index in [1.807, 2.05) is 0 Å². The third kappa shape index (κ3) is 3.66. The first-order valence-corrected chi connectivity index (χ1v) is 13.7. The molecule has 4 rings (SSSR count). The van der Waals surface area contributed by atoms with Crippen molar-refractivity contribution in [2.24, 2.45) is 44.8 Å². The van der Waals surface area contributed by atoms with Crippen molar-refractivity contribution in [3.05, 3.63) is 23.8 Å². The molecule has 3 N–H and O–H groups in total. The summed E-state index contributed by atoms with van der Waals surface area (Å²) in [6.45, 7) is 15.7. The van der Waals surface area contributed by atoms with Gasteiger partial charge in [-0.25, -0.2) is 4.79 Å². The van der Waals surface area contributed by atoms with Crippen LogP contribution < -0.4 is 0 Å². The third-order valence-corrected chi connectivity index (χ3v) is 11.9. The van der Waals surface area contributed by atoms with Gasteiger partial charge >= 0.3 is 11.9 Å². The summed E-state index contributed by atoms with van der Waals surface area (Å²) in [5, 5.41) is 30.0. The summed E-state index contributed by atoms with van der Waals surface area (Å²) in [4.78, 5) is 24.7. The highest BCUT2D eigenvalue weighted by molar-refractivity contribution is 5.86. The molecule has 4 aliphatic rings. The van der Waals surface area contributed by atoms with E-state index < -0.39 is 17.4 Å². The van der Waals surface area contributed by atoms with Crippen molar-refractivity contribution < 1.29 is 24.9 Å². The number of carbonyl (C=O) groups is 2. The van der Waals surface area contributed by atoms with Gasteiger partial charge in [0, 0.05) is 12.2 Å². The second kappa shape index (κ2) is 8.46. The summed E-state index contributed by atoms with van der Waals surface area (Å²) in [6, 6.07) is 0. The molecule has 7 atom stereocenters. The molecule has 0 spiro atoms. The van der Waals surface area contributed by atoms with Gasteiger partial charge in [-0.05, 0) is 104 Å². The van der Waals surface area contributed by atoms with Crippen LogP contribution in [0.15, 0.2) is 23.8 Å². The Morgan fingerprint density at radius 2 is 1.69 bits per heavy atom. The Bertz CT molecular complexity index is 948. The lowest BCUT2D eigenvalue weighted by Gasteiger charge is -2.68. The van der Waals surface area contributed by atoms with Crippen LogP contribution in [0.3, 0.4) is 0 Å². The van der Waals surface area contributed by atoms with Gasteiger partial charge in [-0.1, -0.05) is 52.8 Å². The van der Waals surface area contributed by atoms with Crippen molar-refractivity contribution in [2.45, 2.75) is 98.8 Å². The molecule has 7 unspecified atom stereocenters. The molecule has 0 aromatic rings. The van der Waals surface area contributed by atoms with E-state index in [0.717, 1.165) is 57.8 Å². The van der Waals surface area contributed by atoms with E-state index in [9.17, 15) is 24.9 Å². The van der Waals surface area contributed by atoms with Crippen molar-refractivity contribution in [3.8, 4) is 0 Å². The monoisotopic (exact) mass is 486 g/mol. The first kappa shape index (κ1) is 26.4. The van der Waals surface area contributed by atoms with E-state index >= 15 is 0 Å². The molecule has 0 aromatic carbocycles. The van der Waals surface area contributed by atoms with Crippen LogP contribution in [-0.2, 0) is 9.59 Å². The van der Waals surface area contributed by atoms with Crippen molar-refractivity contribution >= 4 is 11.9 Å². The predicted molar refractivity (Wildman–Crippen MR) is 137 cm³/mol. The van der Waals surface area contributed by atoms with E-state index in [2.05, 4.69) is 47.3 Å². The summed E-state index contributed by atoms with van der Waals surface area (Å²) in [7, 11) is 0. The smallest absolute Gasteiger partial charge is 0.331 e. The highest BCUT2D eigenvalue weighted by Crippen LogP contribution is 2.74. The zero-order valence-electron chi connectivity index (χ0n) is 22.5. The molecule has 4 aliphatic carbocycles. The minimum atomic E-state index is -0.916. The molecular weight excluding hydrogens is 440 g/mol. The molecule has 196 valence electrons. The zero-order chi connectivity index (χ0) is 26.0. The Morgan fingerprint density at radius 1 is 1.03 bits per heavy atom. The molecule has 5 heteroatoms. The minimum Gasteiger partial charge on any atom is -0.481 e. The van der Waals surface area contributed by atoms with Gasteiger partial charge in [-0.15, -0.1) is 0 Å². The summed E-state index contributed by atoms with van der Waals surface area (Å²) in [5.74, 6) is -1.32. The van der Waals surface area contributed by atoms with Gasteiger partial charge in [-0.3, -0.25) is 4.79 Å². The summed E-state index contributed by atoms with van der Waals surface area (Å²) >= 11 is 0. The first-order chi connectivity index (χ1) is 16.2. The van der Waals surface area contributed by atoms with E-state index in [-0.39, 0.29) is 46.0 Å². The van der Waals surface area contributed by atoms with E-state index in [0.29, 0.717) is 12.0 Å². The Hall–Kier alpha value is -1.62. The second-order valence-electron chi connectivity index (χ2n) is 13.8. The predicted octanol–water partition coefficient (Wildman–Crippen LogP) is 6.47. The maximum absolute atomic E-state index is 12.7. The van der Waals surface area contributed by atoms with Crippen LogP contribution in [0.25, 0.3) is 0 Å². The van der Waals surface area contributed by atoms with Crippen LogP contribution in [-0.4, -0.2) is 33.9 Å². The fourth-order valence-electron chi connectivity index (χ4n) is 9.52. The standard InChI is InChI=1S/C30H46O5/c1-19(24(32)33)20-10-12-29(6)23(27(20,4)11-7-17-31)9-8-21-22-18-26(2,3)13-15-30(22,25(34)35)16-14-28(21,29)5/h8,20,22-23,31H,1,7,9-18H2,2-6H3,(H,32,33)(H,34,35). The topological polar surface area (TPSA) is 94.8 Å². The minimum absolute atomic E-state index is 0.0528.